The second kappa shape index (κ2) is 8.14. The SMILES string of the molecule is CCN(CC)C(=O)C1CCC(C(=O)Nc2cccc(C)c2)CC1. The van der Waals surface area contributed by atoms with Crippen molar-refractivity contribution in [2.24, 2.45) is 11.8 Å². The molecule has 0 bridgehead atoms. The van der Waals surface area contributed by atoms with Gasteiger partial charge in [0.05, 0.1) is 0 Å². The lowest BCUT2D eigenvalue weighted by atomic mass is 9.81. The van der Waals surface area contributed by atoms with E-state index in [9.17, 15) is 9.59 Å². The van der Waals surface area contributed by atoms with E-state index in [0.717, 1.165) is 50.0 Å². The van der Waals surface area contributed by atoms with Crippen LogP contribution in [-0.4, -0.2) is 29.8 Å². The van der Waals surface area contributed by atoms with Gasteiger partial charge in [-0.1, -0.05) is 12.1 Å². The monoisotopic (exact) mass is 316 g/mol. The number of benzene rings is 1. The Kier molecular flexibility index (Phi) is 6.20. The van der Waals surface area contributed by atoms with E-state index in [1.165, 1.54) is 0 Å². The summed E-state index contributed by atoms with van der Waals surface area (Å²) in [6, 6.07) is 7.86. The molecule has 126 valence electrons. The molecule has 23 heavy (non-hydrogen) atoms. The predicted molar refractivity (Wildman–Crippen MR) is 93.2 cm³/mol. The van der Waals surface area contributed by atoms with Crippen LogP contribution in [-0.2, 0) is 9.59 Å². The Morgan fingerprint density at radius 3 is 2.26 bits per heavy atom. The summed E-state index contributed by atoms with van der Waals surface area (Å²) in [5, 5.41) is 3.01. The Balaban J connectivity index is 1.86. The van der Waals surface area contributed by atoms with E-state index in [4.69, 9.17) is 0 Å². The highest BCUT2D eigenvalue weighted by molar-refractivity contribution is 5.92. The molecule has 2 amide bonds. The topological polar surface area (TPSA) is 49.4 Å². The van der Waals surface area contributed by atoms with Crippen LogP contribution in [0.1, 0.15) is 45.1 Å². The summed E-state index contributed by atoms with van der Waals surface area (Å²) in [4.78, 5) is 26.7. The third kappa shape index (κ3) is 4.57. The van der Waals surface area contributed by atoms with Crippen molar-refractivity contribution in [3.05, 3.63) is 29.8 Å². The van der Waals surface area contributed by atoms with E-state index in [1.807, 2.05) is 49.9 Å². The van der Waals surface area contributed by atoms with Crippen LogP contribution in [0, 0.1) is 18.8 Å². The zero-order chi connectivity index (χ0) is 16.8. The molecule has 4 nitrogen and oxygen atoms in total. The maximum absolute atomic E-state index is 12.4. The van der Waals surface area contributed by atoms with Gasteiger partial charge in [0, 0.05) is 30.6 Å². The lowest BCUT2D eigenvalue weighted by molar-refractivity contribution is -0.137. The van der Waals surface area contributed by atoms with E-state index in [0.29, 0.717) is 0 Å². The molecule has 2 rings (SSSR count). The van der Waals surface area contributed by atoms with Crippen LogP contribution in [0.3, 0.4) is 0 Å². The van der Waals surface area contributed by atoms with Crippen LogP contribution in [0.4, 0.5) is 5.69 Å². The Morgan fingerprint density at radius 2 is 1.70 bits per heavy atom. The van der Waals surface area contributed by atoms with Crippen LogP contribution >= 0.6 is 0 Å². The van der Waals surface area contributed by atoms with Gasteiger partial charge in [-0.05, 0) is 64.2 Å². The number of rotatable bonds is 5. The quantitative estimate of drug-likeness (QED) is 0.902. The molecule has 1 saturated carbocycles. The molecule has 4 heteroatoms. The summed E-state index contributed by atoms with van der Waals surface area (Å²) in [6.45, 7) is 7.58. The maximum Gasteiger partial charge on any atom is 0.227 e. The molecule has 1 aliphatic rings. The molecular weight excluding hydrogens is 288 g/mol. The van der Waals surface area contributed by atoms with E-state index in [2.05, 4.69) is 5.32 Å². The fourth-order valence-corrected chi connectivity index (χ4v) is 3.36. The van der Waals surface area contributed by atoms with Gasteiger partial charge in [-0.25, -0.2) is 0 Å². The van der Waals surface area contributed by atoms with Gasteiger partial charge in [0.25, 0.3) is 0 Å². The standard InChI is InChI=1S/C19H28N2O2/c1-4-21(5-2)19(23)16-11-9-15(10-12-16)18(22)20-17-8-6-7-14(3)13-17/h6-8,13,15-16H,4-5,9-12H2,1-3H3,(H,20,22). The van der Waals surface area contributed by atoms with Crippen molar-refractivity contribution in [1.29, 1.82) is 0 Å². The van der Waals surface area contributed by atoms with Crippen LogP contribution in [0.5, 0.6) is 0 Å². The van der Waals surface area contributed by atoms with Gasteiger partial charge < -0.3 is 10.2 Å². The molecule has 0 saturated heterocycles. The molecule has 0 unspecified atom stereocenters. The van der Waals surface area contributed by atoms with Gasteiger partial charge in [0.15, 0.2) is 0 Å². The molecule has 1 N–H and O–H groups in total. The second-order valence-electron chi connectivity index (χ2n) is 6.42. The van der Waals surface area contributed by atoms with Crippen molar-refractivity contribution < 1.29 is 9.59 Å². The number of nitrogens with one attached hydrogen (secondary N) is 1. The third-order valence-corrected chi connectivity index (χ3v) is 4.81. The number of carbonyl (C=O) groups is 2. The molecule has 1 fully saturated rings. The van der Waals surface area contributed by atoms with Gasteiger partial charge in [0.1, 0.15) is 0 Å². The molecule has 0 aliphatic heterocycles. The van der Waals surface area contributed by atoms with Crippen LogP contribution in [0.15, 0.2) is 24.3 Å². The summed E-state index contributed by atoms with van der Waals surface area (Å²) in [7, 11) is 0. The number of anilines is 1. The largest absolute Gasteiger partial charge is 0.343 e. The molecule has 0 radical (unpaired) electrons. The molecule has 0 spiro atoms. The molecule has 1 aliphatic carbocycles. The van der Waals surface area contributed by atoms with Crippen molar-refractivity contribution in [3.8, 4) is 0 Å². The zero-order valence-corrected chi connectivity index (χ0v) is 14.5. The van der Waals surface area contributed by atoms with Crippen molar-refractivity contribution in [3.63, 3.8) is 0 Å². The molecule has 0 aromatic heterocycles. The normalized spacial score (nSPS) is 20.8. The number of nitrogens with zero attached hydrogens (tertiary/aromatic N) is 1. The van der Waals surface area contributed by atoms with Gasteiger partial charge in [0.2, 0.25) is 11.8 Å². The summed E-state index contributed by atoms with van der Waals surface area (Å²) >= 11 is 0. The lowest BCUT2D eigenvalue weighted by Crippen LogP contribution is -2.38. The fourth-order valence-electron chi connectivity index (χ4n) is 3.36. The Labute approximate surface area is 139 Å². The van der Waals surface area contributed by atoms with E-state index < -0.39 is 0 Å². The number of hydrogen-bond donors (Lipinski definition) is 1. The first-order valence-electron chi connectivity index (χ1n) is 8.71. The van der Waals surface area contributed by atoms with Crippen LogP contribution in [0.25, 0.3) is 0 Å². The predicted octanol–water partition coefficient (Wildman–Crippen LogP) is 3.61. The lowest BCUT2D eigenvalue weighted by Gasteiger charge is -2.30. The smallest absolute Gasteiger partial charge is 0.227 e. The number of carbonyl (C=O) groups excluding carboxylic acids is 2. The minimum Gasteiger partial charge on any atom is -0.343 e. The zero-order valence-electron chi connectivity index (χ0n) is 14.5. The molecule has 0 heterocycles. The van der Waals surface area contributed by atoms with Gasteiger partial charge >= 0.3 is 0 Å². The summed E-state index contributed by atoms with van der Waals surface area (Å²) < 4.78 is 0. The highest BCUT2D eigenvalue weighted by atomic mass is 16.2. The highest BCUT2D eigenvalue weighted by Gasteiger charge is 2.31. The molecule has 1 aromatic rings. The van der Waals surface area contributed by atoms with Crippen molar-refractivity contribution >= 4 is 17.5 Å². The summed E-state index contributed by atoms with van der Waals surface area (Å²) in [6.07, 6.45) is 3.24. The van der Waals surface area contributed by atoms with Gasteiger partial charge in [-0.15, -0.1) is 0 Å². The van der Waals surface area contributed by atoms with E-state index in [1.54, 1.807) is 0 Å². The second-order valence-corrected chi connectivity index (χ2v) is 6.42. The summed E-state index contributed by atoms with van der Waals surface area (Å²) in [5.41, 5.74) is 1.99. The first-order chi connectivity index (χ1) is 11.0. The number of amides is 2. The Morgan fingerprint density at radius 1 is 1.09 bits per heavy atom. The van der Waals surface area contributed by atoms with Crippen molar-refractivity contribution in [2.75, 3.05) is 18.4 Å². The minimum atomic E-state index is 0.0243. The van der Waals surface area contributed by atoms with Crippen molar-refractivity contribution in [2.45, 2.75) is 46.5 Å². The average Bonchev–Trinajstić information content (AvgIpc) is 2.56. The minimum absolute atomic E-state index is 0.0243. The van der Waals surface area contributed by atoms with Gasteiger partial charge in [-0.3, -0.25) is 9.59 Å². The first kappa shape index (κ1) is 17.5. The maximum atomic E-state index is 12.4. The van der Waals surface area contributed by atoms with Crippen molar-refractivity contribution in [1.82, 2.24) is 4.90 Å². The molecule has 1 aromatic carbocycles. The van der Waals surface area contributed by atoms with Crippen LogP contribution in [0.2, 0.25) is 0 Å². The van der Waals surface area contributed by atoms with E-state index in [-0.39, 0.29) is 23.7 Å². The Bertz CT molecular complexity index is 544. The highest BCUT2D eigenvalue weighted by Crippen LogP contribution is 2.31. The first-order valence-corrected chi connectivity index (χ1v) is 8.71. The molecular formula is C19H28N2O2. The van der Waals surface area contributed by atoms with Crippen LogP contribution < -0.4 is 5.32 Å². The molecule has 0 atom stereocenters. The fraction of sp³-hybridized carbons (Fsp3) is 0.579. The van der Waals surface area contributed by atoms with E-state index >= 15 is 0 Å². The number of aryl methyl sites for hydroxylation is 1. The Hall–Kier alpha value is -1.84. The third-order valence-electron chi connectivity index (χ3n) is 4.81. The number of hydrogen-bond acceptors (Lipinski definition) is 2. The average molecular weight is 316 g/mol. The van der Waals surface area contributed by atoms with Gasteiger partial charge in [-0.2, -0.15) is 0 Å². The summed E-state index contributed by atoms with van der Waals surface area (Å²) in [5.74, 6) is 0.464.